The molecule has 1 aliphatic rings. The first-order valence-electron chi connectivity index (χ1n) is 4.98. The fraction of sp³-hybridized carbons (Fsp3) is 0.889. The molecule has 0 radical (unpaired) electrons. The van der Waals surface area contributed by atoms with Gasteiger partial charge < -0.3 is 20.4 Å². The van der Waals surface area contributed by atoms with E-state index < -0.39 is 6.09 Å². The van der Waals surface area contributed by atoms with Gasteiger partial charge >= 0.3 is 6.09 Å². The summed E-state index contributed by atoms with van der Waals surface area (Å²) in [7, 11) is 0. The molecule has 0 aromatic rings. The third-order valence-electron chi connectivity index (χ3n) is 2.44. The highest BCUT2D eigenvalue weighted by Gasteiger charge is 2.20. The number of β-amino-alcohol motifs (C(OH)–C–C–N with tert-alkyl or cyclic N) is 1. The van der Waals surface area contributed by atoms with Crippen LogP contribution >= 0.6 is 0 Å². The highest BCUT2D eigenvalue weighted by Crippen LogP contribution is 2.10. The molecule has 1 heterocycles. The van der Waals surface area contributed by atoms with Crippen molar-refractivity contribution in [2.24, 2.45) is 0 Å². The number of amides is 1. The molecule has 0 aliphatic carbocycles. The van der Waals surface area contributed by atoms with E-state index in [1.807, 2.05) is 0 Å². The third kappa shape index (κ3) is 3.93. The molecule has 0 aromatic heterocycles. The summed E-state index contributed by atoms with van der Waals surface area (Å²) in [5, 5.41) is 20.2. The second-order valence-corrected chi connectivity index (χ2v) is 3.87. The number of nitrogens with one attached hydrogen (secondary N) is 1. The minimum absolute atomic E-state index is 0.0812. The SMILES string of the molecule is CC(O)CN1CCC(NC(=O)O)CC1. The number of hydrogen-bond acceptors (Lipinski definition) is 3. The van der Waals surface area contributed by atoms with E-state index in [-0.39, 0.29) is 12.1 Å². The lowest BCUT2D eigenvalue weighted by molar-refractivity contribution is 0.104. The Bertz CT molecular complexity index is 188. The minimum atomic E-state index is -0.945. The van der Waals surface area contributed by atoms with Crippen LogP contribution in [-0.4, -0.2) is 53.0 Å². The first kappa shape index (κ1) is 11.3. The largest absolute Gasteiger partial charge is 0.465 e. The third-order valence-corrected chi connectivity index (χ3v) is 2.44. The number of hydrogen-bond donors (Lipinski definition) is 3. The van der Waals surface area contributed by atoms with Crippen molar-refractivity contribution in [3.05, 3.63) is 0 Å². The minimum Gasteiger partial charge on any atom is -0.465 e. The lowest BCUT2D eigenvalue weighted by Crippen LogP contribution is -2.45. The fourth-order valence-corrected chi connectivity index (χ4v) is 1.81. The Morgan fingerprint density at radius 3 is 2.57 bits per heavy atom. The predicted molar refractivity (Wildman–Crippen MR) is 52.3 cm³/mol. The topological polar surface area (TPSA) is 72.8 Å². The lowest BCUT2D eigenvalue weighted by atomic mass is 10.1. The molecule has 1 atom stereocenters. The second kappa shape index (κ2) is 5.17. The van der Waals surface area contributed by atoms with Gasteiger partial charge in [0, 0.05) is 25.7 Å². The average molecular weight is 202 g/mol. The van der Waals surface area contributed by atoms with E-state index >= 15 is 0 Å². The van der Waals surface area contributed by atoms with Gasteiger partial charge in [0.15, 0.2) is 0 Å². The maximum atomic E-state index is 10.4. The van der Waals surface area contributed by atoms with E-state index in [1.165, 1.54) is 0 Å². The Kier molecular flexibility index (Phi) is 4.16. The molecule has 1 rings (SSSR count). The molecule has 0 saturated carbocycles. The van der Waals surface area contributed by atoms with E-state index in [4.69, 9.17) is 10.2 Å². The Morgan fingerprint density at radius 2 is 2.14 bits per heavy atom. The standard InChI is InChI=1S/C9H18N2O3/c1-7(12)6-11-4-2-8(3-5-11)10-9(13)14/h7-8,10,12H,2-6H2,1H3,(H,13,14). The summed E-state index contributed by atoms with van der Waals surface area (Å²) in [5.74, 6) is 0. The summed E-state index contributed by atoms with van der Waals surface area (Å²) in [5.41, 5.74) is 0. The Balaban J connectivity index is 2.21. The summed E-state index contributed by atoms with van der Waals surface area (Å²) < 4.78 is 0. The van der Waals surface area contributed by atoms with E-state index in [2.05, 4.69) is 10.2 Å². The quantitative estimate of drug-likeness (QED) is 0.607. The van der Waals surface area contributed by atoms with Crippen LogP contribution in [0.4, 0.5) is 4.79 Å². The van der Waals surface area contributed by atoms with Crippen molar-refractivity contribution in [3.8, 4) is 0 Å². The number of aliphatic hydroxyl groups is 1. The van der Waals surface area contributed by atoms with Gasteiger partial charge in [0.25, 0.3) is 0 Å². The summed E-state index contributed by atoms with van der Waals surface area (Å²) in [6.45, 7) is 4.16. The molecule has 5 nitrogen and oxygen atoms in total. The zero-order chi connectivity index (χ0) is 10.6. The van der Waals surface area contributed by atoms with Crippen LogP contribution in [0.25, 0.3) is 0 Å². The van der Waals surface area contributed by atoms with Crippen molar-refractivity contribution >= 4 is 6.09 Å². The zero-order valence-electron chi connectivity index (χ0n) is 8.44. The van der Waals surface area contributed by atoms with Gasteiger partial charge in [0.1, 0.15) is 0 Å². The first-order valence-corrected chi connectivity index (χ1v) is 4.98. The summed E-state index contributed by atoms with van der Waals surface area (Å²) >= 11 is 0. The van der Waals surface area contributed by atoms with Gasteiger partial charge in [0.05, 0.1) is 6.10 Å². The molecule has 1 unspecified atom stereocenters. The van der Waals surface area contributed by atoms with Crippen LogP contribution in [0.3, 0.4) is 0 Å². The van der Waals surface area contributed by atoms with E-state index in [1.54, 1.807) is 6.92 Å². The molecule has 0 aromatic carbocycles. The molecule has 5 heteroatoms. The molecular weight excluding hydrogens is 184 g/mol. The van der Waals surface area contributed by atoms with Crippen LogP contribution in [0.2, 0.25) is 0 Å². The monoisotopic (exact) mass is 202 g/mol. The van der Waals surface area contributed by atoms with Crippen LogP contribution in [0.15, 0.2) is 0 Å². The molecule has 0 spiro atoms. The van der Waals surface area contributed by atoms with Gasteiger partial charge in [-0.25, -0.2) is 4.79 Å². The molecule has 82 valence electrons. The molecule has 1 saturated heterocycles. The van der Waals surface area contributed by atoms with E-state index in [0.717, 1.165) is 25.9 Å². The number of likely N-dealkylation sites (tertiary alicyclic amines) is 1. The molecule has 0 bridgehead atoms. The van der Waals surface area contributed by atoms with Crippen molar-refractivity contribution in [1.29, 1.82) is 0 Å². The fourth-order valence-electron chi connectivity index (χ4n) is 1.81. The Labute approximate surface area is 83.7 Å². The maximum absolute atomic E-state index is 10.4. The zero-order valence-corrected chi connectivity index (χ0v) is 8.44. The van der Waals surface area contributed by atoms with Gasteiger partial charge in [-0.3, -0.25) is 0 Å². The average Bonchev–Trinajstić information content (AvgIpc) is 2.06. The smallest absolute Gasteiger partial charge is 0.404 e. The predicted octanol–water partition coefficient (Wildman–Crippen LogP) is 0.0992. The molecule has 1 amide bonds. The van der Waals surface area contributed by atoms with Crippen LogP contribution in [-0.2, 0) is 0 Å². The number of carbonyl (C=O) groups is 1. The second-order valence-electron chi connectivity index (χ2n) is 3.87. The van der Waals surface area contributed by atoms with Crippen LogP contribution < -0.4 is 5.32 Å². The molecule has 1 aliphatic heterocycles. The van der Waals surface area contributed by atoms with Crippen molar-refractivity contribution in [2.75, 3.05) is 19.6 Å². The summed E-state index contributed by atoms with van der Waals surface area (Å²) in [4.78, 5) is 12.5. The van der Waals surface area contributed by atoms with Gasteiger partial charge in [-0.05, 0) is 19.8 Å². The molecule has 14 heavy (non-hydrogen) atoms. The van der Waals surface area contributed by atoms with Crippen molar-refractivity contribution < 1.29 is 15.0 Å². The Morgan fingerprint density at radius 1 is 1.57 bits per heavy atom. The highest BCUT2D eigenvalue weighted by molar-refractivity contribution is 5.64. The van der Waals surface area contributed by atoms with Gasteiger partial charge in [0.2, 0.25) is 0 Å². The van der Waals surface area contributed by atoms with Crippen LogP contribution in [0.1, 0.15) is 19.8 Å². The van der Waals surface area contributed by atoms with Gasteiger partial charge in [-0.15, -0.1) is 0 Å². The number of piperidine rings is 1. The highest BCUT2D eigenvalue weighted by atomic mass is 16.4. The molecule has 1 fully saturated rings. The Hall–Kier alpha value is -0.810. The van der Waals surface area contributed by atoms with Crippen LogP contribution in [0, 0.1) is 0 Å². The van der Waals surface area contributed by atoms with Gasteiger partial charge in [-0.2, -0.15) is 0 Å². The number of rotatable bonds is 3. The van der Waals surface area contributed by atoms with Crippen LogP contribution in [0.5, 0.6) is 0 Å². The molecular formula is C9H18N2O3. The summed E-state index contributed by atoms with van der Waals surface area (Å²) in [6, 6.07) is 0.0812. The maximum Gasteiger partial charge on any atom is 0.404 e. The normalized spacial score (nSPS) is 21.9. The molecule has 3 N–H and O–H groups in total. The number of nitrogens with zero attached hydrogens (tertiary/aromatic N) is 1. The summed E-state index contributed by atoms with van der Waals surface area (Å²) in [6.07, 6.45) is 0.413. The van der Waals surface area contributed by atoms with E-state index in [0.29, 0.717) is 6.54 Å². The van der Waals surface area contributed by atoms with Crippen molar-refractivity contribution in [3.63, 3.8) is 0 Å². The van der Waals surface area contributed by atoms with Crippen molar-refractivity contribution in [1.82, 2.24) is 10.2 Å². The van der Waals surface area contributed by atoms with Crippen molar-refractivity contribution in [2.45, 2.75) is 31.9 Å². The lowest BCUT2D eigenvalue weighted by Gasteiger charge is -2.32. The van der Waals surface area contributed by atoms with E-state index in [9.17, 15) is 4.79 Å². The van der Waals surface area contributed by atoms with Gasteiger partial charge in [-0.1, -0.05) is 0 Å². The number of carboxylic acid groups (broad SMARTS) is 1. The first-order chi connectivity index (χ1) is 6.58. The number of aliphatic hydroxyl groups excluding tert-OH is 1.